The first-order chi connectivity index (χ1) is 9.45. The quantitative estimate of drug-likeness (QED) is 0.792. The van der Waals surface area contributed by atoms with Gasteiger partial charge in [0, 0.05) is 19.3 Å². The van der Waals surface area contributed by atoms with Crippen molar-refractivity contribution in [3.8, 4) is 0 Å². The van der Waals surface area contributed by atoms with Crippen molar-refractivity contribution in [1.29, 1.82) is 0 Å². The molecule has 0 saturated heterocycles. The van der Waals surface area contributed by atoms with Crippen LogP contribution in [0.15, 0.2) is 12.3 Å². The average molecular weight is 284 g/mol. The van der Waals surface area contributed by atoms with Crippen molar-refractivity contribution in [2.24, 2.45) is 0 Å². The van der Waals surface area contributed by atoms with Crippen LogP contribution < -0.4 is 4.90 Å². The maximum atomic E-state index is 12.7. The maximum absolute atomic E-state index is 12.7. The van der Waals surface area contributed by atoms with Crippen LogP contribution in [-0.4, -0.2) is 31.3 Å². The third-order valence-corrected chi connectivity index (χ3v) is 3.09. The van der Waals surface area contributed by atoms with Gasteiger partial charge in [0.25, 0.3) is 0 Å². The fraction of sp³-hybridized carbons (Fsp3) is 0.455. The highest BCUT2D eigenvalue weighted by Gasteiger charge is 2.39. The molecule has 3 heterocycles. The van der Waals surface area contributed by atoms with Gasteiger partial charge in [-0.1, -0.05) is 0 Å². The maximum Gasteiger partial charge on any atom is 0.451 e. The second-order valence-corrected chi connectivity index (χ2v) is 4.47. The molecule has 0 unspecified atom stereocenters. The highest BCUT2D eigenvalue weighted by molar-refractivity contribution is 5.38. The number of rotatable bonds is 1. The van der Waals surface area contributed by atoms with Crippen LogP contribution in [0, 0.1) is 6.92 Å². The molecule has 0 aromatic carbocycles. The van der Waals surface area contributed by atoms with Gasteiger partial charge in [-0.05, 0) is 13.0 Å². The molecule has 9 heteroatoms. The van der Waals surface area contributed by atoms with E-state index < -0.39 is 12.0 Å². The summed E-state index contributed by atoms with van der Waals surface area (Å²) >= 11 is 0. The molecule has 2 aromatic heterocycles. The molecule has 2 aromatic rings. The number of nitrogens with zero attached hydrogens (tertiary/aromatic N) is 6. The van der Waals surface area contributed by atoms with Crippen molar-refractivity contribution in [1.82, 2.24) is 24.7 Å². The number of fused-ring (bicyclic) bond motifs is 1. The Bertz CT molecular complexity index is 635. The van der Waals surface area contributed by atoms with Gasteiger partial charge < -0.3 is 9.47 Å². The van der Waals surface area contributed by atoms with Gasteiger partial charge in [-0.2, -0.15) is 13.2 Å². The molecule has 0 saturated carbocycles. The molecule has 1 aliphatic heterocycles. The lowest BCUT2D eigenvalue weighted by Crippen LogP contribution is -2.35. The molecule has 3 rings (SSSR count). The number of hydrogen-bond donors (Lipinski definition) is 0. The zero-order chi connectivity index (χ0) is 14.3. The molecule has 0 aliphatic carbocycles. The minimum absolute atomic E-state index is 0.181. The molecular formula is C11H11F3N6. The van der Waals surface area contributed by atoms with Crippen LogP contribution in [0.5, 0.6) is 0 Å². The molecule has 1 aliphatic rings. The molecule has 0 fully saturated rings. The summed E-state index contributed by atoms with van der Waals surface area (Å²) < 4.78 is 39.3. The summed E-state index contributed by atoms with van der Waals surface area (Å²) in [6, 6.07) is 1.73. The van der Waals surface area contributed by atoms with E-state index in [9.17, 15) is 13.2 Å². The molecule has 6 nitrogen and oxygen atoms in total. The Kier molecular flexibility index (Phi) is 2.84. The number of hydrogen-bond acceptors (Lipinski definition) is 5. The van der Waals surface area contributed by atoms with E-state index >= 15 is 0 Å². The molecule has 0 spiro atoms. The van der Waals surface area contributed by atoms with E-state index in [-0.39, 0.29) is 13.1 Å². The zero-order valence-electron chi connectivity index (χ0n) is 10.6. The lowest BCUT2D eigenvalue weighted by Gasteiger charge is -2.28. The van der Waals surface area contributed by atoms with E-state index in [1.165, 1.54) is 0 Å². The minimum atomic E-state index is -4.47. The van der Waals surface area contributed by atoms with Crippen molar-refractivity contribution >= 4 is 5.82 Å². The van der Waals surface area contributed by atoms with Gasteiger partial charge >= 0.3 is 6.18 Å². The first kappa shape index (κ1) is 12.8. The Hall–Kier alpha value is -2.19. The van der Waals surface area contributed by atoms with E-state index in [0.717, 1.165) is 4.57 Å². The second-order valence-electron chi connectivity index (χ2n) is 4.47. The predicted molar refractivity (Wildman–Crippen MR) is 62.8 cm³/mol. The van der Waals surface area contributed by atoms with Crippen molar-refractivity contribution < 1.29 is 13.2 Å². The van der Waals surface area contributed by atoms with E-state index in [4.69, 9.17) is 0 Å². The van der Waals surface area contributed by atoms with Crippen LogP contribution in [0.3, 0.4) is 0 Å². The van der Waals surface area contributed by atoms with E-state index in [1.807, 2.05) is 4.90 Å². The fourth-order valence-electron chi connectivity index (χ4n) is 2.18. The van der Waals surface area contributed by atoms with Crippen LogP contribution in [0.1, 0.15) is 17.5 Å². The summed E-state index contributed by atoms with van der Waals surface area (Å²) in [5.41, 5.74) is 0. The highest BCUT2D eigenvalue weighted by Crippen LogP contribution is 2.30. The Morgan fingerprint density at radius 2 is 2.00 bits per heavy atom. The smallest absolute Gasteiger partial charge is 0.347 e. The summed E-state index contributed by atoms with van der Waals surface area (Å²) in [4.78, 5) is 10.1. The van der Waals surface area contributed by atoms with Crippen LogP contribution >= 0.6 is 0 Å². The molecule has 0 bridgehead atoms. The molecule has 0 radical (unpaired) electrons. The number of alkyl halides is 3. The molecular weight excluding hydrogens is 273 g/mol. The Labute approximate surface area is 112 Å². The number of anilines is 1. The number of aromatic nitrogens is 5. The molecule has 20 heavy (non-hydrogen) atoms. The van der Waals surface area contributed by atoms with Crippen molar-refractivity contribution in [3.63, 3.8) is 0 Å². The summed E-state index contributed by atoms with van der Waals surface area (Å²) in [7, 11) is 0. The van der Waals surface area contributed by atoms with Gasteiger partial charge in [-0.25, -0.2) is 9.97 Å². The summed E-state index contributed by atoms with van der Waals surface area (Å²) in [6.45, 7) is 2.61. The minimum Gasteiger partial charge on any atom is -0.347 e. The van der Waals surface area contributed by atoms with E-state index in [1.54, 1.807) is 19.2 Å². The van der Waals surface area contributed by atoms with Crippen LogP contribution in [0.4, 0.5) is 19.0 Å². The number of halogens is 3. The zero-order valence-corrected chi connectivity index (χ0v) is 10.6. The standard InChI is InChI=1S/C11H11F3N6/c1-7-15-3-2-8(16-7)19-4-5-20-9(6-19)17-18-10(20)11(12,13)14/h2-3H,4-6H2,1H3. The van der Waals surface area contributed by atoms with Gasteiger partial charge in [0.2, 0.25) is 5.82 Å². The molecule has 0 N–H and O–H groups in total. The van der Waals surface area contributed by atoms with Crippen molar-refractivity contribution in [2.45, 2.75) is 26.2 Å². The first-order valence-electron chi connectivity index (χ1n) is 5.99. The van der Waals surface area contributed by atoms with Crippen molar-refractivity contribution in [2.75, 3.05) is 11.4 Å². The normalized spacial score (nSPS) is 15.3. The van der Waals surface area contributed by atoms with Gasteiger partial charge in [0.15, 0.2) is 5.82 Å². The van der Waals surface area contributed by atoms with Gasteiger partial charge in [-0.3, -0.25) is 0 Å². The monoisotopic (exact) mass is 284 g/mol. The van der Waals surface area contributed by atoms with Crippen molar-refractivity contribution in [3.05, 3.63) is 29.7 Å². The lowest BCUT2D eigenvalue weighted by molar-refractivity contribution is -0.147. The fourth-order valence-corrected chi connectivity index (χ4v) is 2.18. The van der Waals surface area contributed by atoms with E-state index in [2.05, 4.69) is 20.2 Å². The third-order valence-electron chi connectivity index (χ3n) is 3.09. The van der Waals surface area contributed by atoms with Crippen LogP contribution in [0.25, 0.3) is 0 Å². The van der Waals surface area contributed by atoms with Crippen LogP contribution in [0.2, 0.25) is 0 Å². The summed E-state index contributed by atoms with van der Waals surface area (Å²) in [5.74, 6) is 0.650. The highest BCUT2D eigenvalue weighted by atomic mass is 19.4. The molecule has 0 amide bonds. The van der Waals surface area contributed by atoms with E-state index in [0.29, 0.717) is 24.0 Å². The summed E-state index contributed by atoms with van der Waals surface area (Å²) in [5, 5.41) is 6.87. The molecule has 0 atom stereocenters. The SMILES string of the molecule is Cc1nccc(N2CCn3c(nnc3C(F)(F)F)C2)n1. The summed E-state index contributed by atoms with van der Waals surface area (Å²) in [6.07, 6.45) is -2.85. The van der Waals surface area contributed by atoms with Gasteiger partial charge in [0.05, 0.1) is 6.54 Å². The Morgan fingerprint density at radius 3 is 2.70 bits per heavy atom. The van der Waals surface area contributed by atoms with Gasteiger partial charge in [-0.15, -0.1) is 10.2 Å². The predicted octanol–water partition coefficient (Wildman–Crippen LogP) is 1.42. The topological polar surface area (TPSA) is 59.7 Å². The second kappa shape index (κ2) is 4.43. The Balaban J connectivity index is 1.88. The largest absolute Gasteiger partial charge is 0.451 e. The molecule has 106 valence electrons. The lowest BCUT2D eigenvalue weighted by atomic mass is 10.3. The number of aryl methyl sites for hydroxylation is 1. The van der Waals surface area contributed by atoms with Crippen LogP contribution in [-0.2, 0) is 19.3 Å². The first-order valence-corrected chi connectivity index (χ1v) is 5.99. The Morgan fingerprint density at radius 1 is 1.20 bits per heavy atom. The third kappa shape index (κ3) is 2.19. The van der Waals surface area contributed by atoms with Gasteiger partial charge in [0.1, 0.15) is 11.6 Å². The average Bonchev–Trinajstić information content (AvgIpc) is 2.81.